The van der Waals surface area contributed by atoms with E-state index in [0.717, 1.165) is 28.7 Å². The van der Waals surface area contributed by atoms with Crippen LogP contribution in [0.5, 0.6) is 11.5 Å². The highest BCUT2D eigenvalue weighted by molar-refractivity contribution is 7.92. The van der Waals surface area contributed by atoms with Gasteiger partial charge in [-0.05, 0) is 37.3 Å². The van der Waals surface area contributed by atoms with Crippen molar-refractivity contribution < 1.29 is 26.7 Å². The van der Waals surface area contributed by atoms with Crippen molar-refractivity contribution in [1.29, 1.82) is 0 Å². The zero-order valence-electron chi connectivity index (χ0n) is 18.8. The molecule has 3 rings (SSSR count). The van der Waals surface area contributed by atoms with Gasteiger partial charge in [0.2, 0.25) is 0 Å². The summed E-state index contributed by atoms with van der Waals surface area (Å²) in [5, 5.41) is 0.0279. The van der Waals surface area contributed by atoms with Gasteiger partial charge in [-0.1, -0.05) is 11.6 Å². The Labute approximate surface area is 202 Å². The second-order valence-electron chi connectivity index (χ2n) is 7.18. The topological polar surface area (TPSA) is 72.0 Å². The Bertz CT molecular complexity index is 1270. The number of anilines is 2. The highest BCUT2D eigenvalue weighted by atomic mass is 35.5. The van der Waals surface area contributed by atoms with Gasteiger partial charge in [-0.15, -0.1) is 0 Å². The molecule has 3 aromatic rings. The molecule has 0 aliphatic rings. The molecule has 7 nitrogen and oxygen atoms in total. The van der Waals surface area contributed by atoms with Gasteiger partial charge in [0, 0.05) is 31.3 Å². The molecule has 0 fully saturated rings. The van der Waals surface area contributed by atoms with E-state index in [1.165, 1.54) is 20.3 Å². The predicted molar refractivity (Wildman–Crippen MR) is 127 cm³/mol. The average Bonchev–Trinajstić information content (AvgIpc) is 2.83. The van der Waals surface area contributed by atoms with Crippen molar-refractivity contribution >= 4 is 33.1 Å². The fourth-order valence-electron chi connectivity index (χ4n) is 3.19. The van der Waals surface area contributed by atoms with Gasteiger partial charge in [-0.3, -0.25) is 0 Å². The highest BCUT2D eigenvalue weighted by Crippen LogP contribution is 2.35. The van der Waals surface area contributed by atoms with Gasteiger partial charge in [-0.2, -0.15) is 0 Å². The Balaban J connectivity index is 2.15. The molecule has 0 saturated heterocycles. The molecule has 11 heteroatoms. The molecule has 1 radical (unpaired) electrons. The Kier molecular flexibility index (Phi) is 7.83. The van der Waals surface area contributed by atoms with E-state index < -0.39 is 26.6 Å². The summed E-state index contributed by atoms with van der Waals surface area (Å²) in [7, 11) is 0.00831. The molecule has 0 atom stereocenters. The largest absolute Gasteiger partial charge is 0.497 e. The summed E-state index contributed by atoms with van der Waals surface area (Å²) in [6.45, 7) is 3.71. The first-order valence-electron chi connectivity index (χ1n) is 9.97. The minimum atomic E-state index is -4.54. The Morgan fingerprint density at radius 1 is 1.09 bits per heavy atom. The highest BCUT2D eigenvalue weighted by Gasteiger charge is 2.31. The fraction of sp³-hybridized carbons (Fsp3) is 0.217. The second-order valence-corrected chi connectivity index (χ2v) is 9.42. The number of pyridine rings is 1. The zero-order chi connectivity index (χ0) is 25.0. The first kappa shape index (κ1) is 25.5. The average molecular weight is 511 g/mol. The maximum absolute atomic E-state index is 15.1. The molecule has 0 N–H and O–H groups in total. The summed E-state index contributed by atoms with van der Waals surface area (Å²) < 4.78 is 67.4. The first-order chi connectivity index (χ1) is 16.1. The Morgan fingerprint density at radius 2 is 1.82 bits per heavy atom. The van der Waals surface area contributed by atoms with Crippen LogP contribution in [0.3, 0.4) is 0 Å². The summed E-state index contributed by atoms with van der Waals surface area (Å²) >= 11 is 6.28. The number of aromatic nitrogens is 1. The summed E-state index contributed by atoms with van der Waals surface area (Å²) in [6.07, 6.45) is 0.874. The lowest BCUT2D eigenvalue weighted by Gasteiger charge is -2.26. The second kappa shape index (κ2) is 10.4. The van der Waals surface area contributed by atoms with Crippen molar-refractivity contribution in [3.05, 3.63) is 77.8 Å². The van der Waals surface area contributed by atoms with E-state index in [0.29, 0.717) is 17.1 Å². The molecule has 0 spiro atoms. The van der Waals surface area contributed by atoms with E-state index in [2.05, 4.69) is 11.9 Å². The van der Waals surface area contributed by atoms with Gasteiger partial charge in [0.1, 0.15) is 33.8 Å². The number of sulfonamides is 1. The Hall–Kier alpha value is -3.11. The molecule has 0 saturated carbocycles. The number of hydrogen-bond donors (Lipinski definition) is 0. The van der Waals surface area contributed by atoms with E-state index >= 15 is 4.39 Å². The number of hydrogen-bond acceptors (Lipinski definition) is 6. The van der Waals surface area contributed by atoms with Crippen molar-refractivity contribution in [3.8, 4) is 11.5 Å². The maximum atomic E-state index is 15.1. The quantitative estimate of drug-likeness (QED) is 0.415. The van der Waals surface area contributed by atoms with Gasteiger partial charge in [0.15, 0.2) is 0 Å². The third kappa shape index (κ3) is 5.18. The van der Waals surface area contributed by atoms with E-state index in [-0.39, 0.29) is 29.6 Å². The number of halogens is 3. The Morgan fingerprint density at radius 3 is 2.41 bits per heavy atom. The minimum Gasteiger partial charge on any atom is -0.497 e. The smallest absolute Gasteiger partial charge is 0.268 e. The summed E-state index contributed by atoms with van der Waals surface area (Å²) in [6, 6.07) is 9.14. The van der Waals surface area contributed by atoms with Crippen LogP contribution >= 0.6 is 11.6 Å². The van der Waals surface area contributed by atoms with E-state index in [9.17, 15) is 12.8 Å². The van der Waals surface area contributed by atoms with Gasteiger partial charge < -0.3 is 14.4 Å². The van der Waals surface area contributed by atoms with Crippen LogP contribution in [0, 0.1) is 18.6 Å². The molecule has 1 heterocycles. The predicted octanol–water partition coefficient (Wildman–Crippen LogP) is 4.70. The van der Waals surface area contributed by atoms with Crippen molar-refractivity contribution in [2.75, 3.05) is 37.0 Å². The van der Waals surface area contributed by atoms with Crippen molar-refractivity contribution in [3.63, 3.8) is 0 Å². The van der Waals surface area contributed by atoms with Gasteiger partial charge in [-0.25, -0.2) is 26.5 Å². The molecule has 0 amide bonds. The van der Waals surface area contributed by atoms with E-state index in [1.807, 2.05) is 0 Å². The number of methoxy groups -OCH3 is 2. The summed E-state index contributed by atoms with van der Waals surface area (Å²) in [5.41, 5.74) is 0.731. The minimum absolute atomic E-state index is 0.0279. The number of benzene rings is 2. The zero-order valence-corrected chi connectivity index (χ0v) is 20.3. The molecular weight excluding hydrogens is 488 g/mol. The van der Waals surface area contributed by atoms with Crippen LogP contribution in [-0.2, 0) is 16.6 Å². The monoisotopic (exact) mass is 510 g/mol. The van der Waals surface area contributed by atoms with Crippen LogP contribution in [0.2, 0.25) is 5.02 Å². The van der Waals surface area contributed by atoms with Crippen LogP contribution in [0.25, 0.3) is 0 Å². The SMILES string of the molecule is [CH2]CN(C)c1cc(F)c(S(=O)(=O)N(Cc2ccc(OC)cc2OC)c2ccc(F)cn2)cc1Cl. The third-order valence-corrected chi connectivity index (χ3v) is 7.16. The number of nitrogens with zero attached hydrogens (tertiary/aromatic N) is 3. The molecular formula is C23H23ClF2N3O4S. The molecule has 0 bridgehead atoms. The van der Waals surface area contributed by atoms with Gasteiger partial charge in [0.25, 0.3) is 10.0 Å². The normalized spacial score (nSPS) is 11.3. The summed E-state index contributed by atoms with van der Waals surface area (Å²) in [5.74, 6) is -0.939. The van der Waals surface area contributed by atoms with Crippen molar-refractivity contribution in [1.82, 2.24) is 4.98 Å². The lowest BCUT2D eigenvalue weighted by atomic mass is 10.2. The maximum Gasteiger partial charge on any atom is 0.268 e. The van der Waals surface area contributed by atoms with Gasteiger partial charge >= 0.3 is 0 Å². The van der Waals surface area contributed by atoms with Crippen LogP contribution in [0.4, 0.5) is 20.3 Å². The molecule has 2 aromatic carbocycles. The molecule has 0 aliphatic heterocycles. The lowest BCUT2D eigenvalue weighted by Crippen LogP contribution is -2.32. The first-order valence-corrected chi connectivity index (χ1v) is 11.8. The van der Waals surface area contributed by atoms with Gasteiger partial charge in [0.05, 0.1) is 37.7 Å². The van der Waals surface area contributed by atoms with Crippen molar-refractivity contribution in [2.24, 2.45) is 0 Å². The third-order valence-electron chi connectivity index (χ3n) is 5.09. The standard InChI is InChI=1S/C23H23ClF2N3O4S/c1-5-28(2)20-12-19(26)22(11-18(20)24)34(30,31)29(23-9-7-16(25)13-27-23)14-15-6-8-17(32-3)10-21(15)33-4/h6-13H,1,5,14H2,2-4H3. The van der Waals surface area contributed by atoms with E-state index in [1.54, 1.807) is 30.1 Å². The molecule has 34 heavy (non-hydrogen) atoms. The van der Waals surface area contributed by atoms with Crippen LogP contribution < -0.4 is 18.7 Å². The lowest BCUT2D eigenvalue weighted by molar-refractivity contribution is 0.391. The number of rotatable bonds is 9. The van der Waals surface area contributed by atoms with Crippen LogP contribution in [0.1, 0.15) is 5.56 Å². The number of ether oxygens (including phenoxy) is 2. The fourth-order valence-corrected chi connectivity index (χ4v) is 5.03. The molecule has 0 unspecified atom stereocenters. The van der Waals surface area contributed by atoms with Crippen LogP contribution in [-0.4, -0.2) is 41.2 Å². The van der Waals surface area contributed by atoms with Crippen molar-refractivity contribution in [2.45, 2.75) is 11.4 Å². The van der Waals surface area contributed by atoms with Crippen LogP contribution in [0.15, 0.2) is 53.6 Å². The summed E-state index contributed by atoms with van der Waals surface area (Å²) in [4.78, 5) is 4.82. The molecule has 181 valence electrons. The molecule has 1 aromatic heterocycles. The molecule has 0 aliphatic carbocycles. The van der Waals surface area contributed by atoms with E-state index in [4.69, 9.17) is 21.1 Å².